The molecule has 0 fully saturated rings. The number of hydrogen-bond acceptors (Lipinski definition) is 6. The summed E-state index contributed by atoms with van der Waals surface area (Å²) in [5.74, 6) is 0.258. The first kappa shape index (κ1) is 30.8. The number of benzene rings is 2. The Morgan fingerprint density at radius 1 is 0.833 bits per heavy atom. The fourth-order valence-corrected chi connectivity index (χ4v) is 4.22. The summed E-state index contributed by atoms with van der Waals surface area (Å²) in [7, 11) is 0. The summed E-state index contributed by atoms with van der Waals surface area (Å²) in [5.41, 5.74) is 2.65. The Labute approximate surface area is 226 Å². The fraction of sp³-hybridized carbons (Fsp3) is 0.571. The number of unbranched alkanes of at least 4 members (excludes halogenated alkanes) is 3. The van der Waals surface area contributed by atoms with Gasteiger partial charge in [0.1, 0.15) is 5.75 Å². The van der Waals surface area contributed by atoms with Gasteiger partial charge in [0.25, 0.3) is 0 Å². The topological polar surface area (TPSA) is 69.2 Å². The van der Waals surface area contributed by atoms with Crippen LogP contribution in [0, 0.1) is 0 Å². The molecule has 0 aliphatic rings. The maximum atomic E-state index is 10.1. The minimum Gasteiger partial charge on any atom is -0.508 e. The van der Waals surface area contributed by atoms with Gasteiger partial charge in [-0.1, -0.05) is 48.2 Å². The Kier molecular flexibility index (Phi) is 16.1. The first-order valence-electron chi connectivity index (χ1n) is 12.9. The summed E-state index contributed by atoms with van der Waals surface area (Å²) in [5, 5.41) is 14.8. The van der Waals surface area contributed by atoms with E-state index >= 15 is 0 Å². The molecular formula is C28H41Cl2NO5. The van der Waals surface area contributed by atoms with Crippen molar-refractivity contribution in [3.05, 3.63) is 63.1 Å². The molecule has 1 atom stereocenters. The highest BCUT2D eigenvalue weighted by molar-refractivity contribution is 6.35. The Bertz CT molecular complexity index is 848. The standard InChI is InChI=1S/C28H41Cl2NO5/c1-3-33-20-23-18-22(12-13-27(23)32)28(36-4-2)19-31-14-7-5-6-8-15-34-16-17-35-21-24-25(29)10-9-11-26(24)30/h9-13,18,28,31-32H,3-8,14-17,19-21H2,1-2H3/t28-/m0/s1. The van der Waals surface area contributed by atoms with Crippen molar-refractivity contribution in [1.29, 1.82) is 0 Å². The third-order valence-corrected chi connectivity index (χ3v) is 6.42. The maximum Gasteiger partial charge on any atom is 0.121 e. The molecule has 2 rings (SSSR count). The van der Waals surface area contributed by atoms with E-state index in [4.69, 9.17) is 42.1 Å². The third kappa shape index (κ3) is 11.8. The number of hydrogen-bond donors (Lipinski definition) is 2. The highest BCUT2D eigenvalue weighted by Gasteiger charge is 2.13. The number of halogens is 2. The average molecular weight is 543 g/mol. The number of phenols is 1. The van der Waals surface area contributed by atoms with E-state index in [0.29, 0.717) is 49.7 Å². The van der Waals surface area contributed by atoms with Crippen LogP contribution in [0.25, 0.3) is 0 Å². The van der Waals surface area contributed by atoms with E-state index in [2.05, 4.69) is 5.32 Å². The van der Waals surface area contributed by atoms with Crippen LogP contribution in [0.2, 0.25) is 10.0 Å². The van der Waals surface area contributed by atoms with Crippen LogP contribution in [-0.2, 0) is 32.2 Å². The Balaban J connectivity index is 1.51. The molecule has 0 aliphatic heterocycles. The fourth-order valence-electron chi connectivity index (χ4n) is 3.71. The molecule has 0 amide bonds. The summed E-state index contributed by atoms with van der Waals surface area (Å²) in [6.07, 6.45) is 4.36. The maximum absolute atomic E-state index is 10.1. The quantitative estimate of drug-likeness (QED) is 0.182. The van der Waals surface area contributed by atoms with Gasteiger partial charge >= 0.3 is 0 Å². The molecular weight excluding hydrogens is 501 g/mol. The van der Waals surface area contributed by atoms with Crippen molar-refractivity contribution in [2.75, 3.05) is 46.1 Å². The molecule has 2 aromatic rings. The van der Waals surface area contributed by atoms with E-state index in [9.17, 15) is 5.11 Å². The first-order valence-corrected chi connectivity index (χ1v) is 13.6. The van der Waals surface area contributed by atoms with Crippen LogP contribution in [0.5, 0.6) is 5.75 Å². The van der Waals surface area contributed by atoms with Crippen molar-refractivity contribution in [3.8, 4) is 5.75 Å². The SMILES string of the molecule is CCOCc1cc([C@H](CNCCCCCCOCCOCc2c(Cl)cccc2Cl)OCC)ccc1O. The van der Waals surface area contributed by atoms with Gasteiger partial charge in [0.05, 0.1) is 32.5 Å². The largest absolute Gasteiger partial charge is 0.508 e. The number of rotatable bonds is 20. The monoisotopic (exact) mass is 541 g/mol. The van der Waals surface area contributed by atoms with Crippen LogP contribution in [0.1, 0.15) is 62.3 Å². The minimum atomic E-state index is -0.0551. The van der Waals surface area contributed by atoms with E-state index in [1.54, 1.807) is 6.07 Å². The summed E-state index contributed by atoms with van der Waals surface area (Å²) >= 11 is 12.3. The van der Waals surface area contributed by atoms with Gasteiger partial charge in [-0.3, -0.25) is 0 Å². The number of nitrogens with one attached hydrogen (secondary N) is 1. The molecule has 0 heterocycles. The van der Waals surface area contributed by atoms with Crippen LogP contribution in [-0.4, -0.2) is 51.2 Å². The van der Waals surface area contributed by atoms with E-state index in [1.165, 1.54) is 0 Å². The Morgan fingerprint density at radius 3 is 2.33 bits per heavy atom. The second-order valence-electron chi connectivity index (χ2n) is 8.45. The summed E-state index contributed by atoms with van der Waals surface area (Å²) < 4.78 is 22.7. The normalized spacial score (nSPS) is 12.2. The van der Waals surface area contributed by atoms with Crippen LogP contribution in [0.4, 0.5) is 0 Å². The minimum absolute atomic E-state index is 0.0551. The molecule has 0 unspecified atom stereocenters. The van der Waals surface area contributed by atoms with Gasteiger partial charge in [-0.15, -0.1) is 0 Å². The van der Waals surface area contributed by atoms with Crippen molar-refractivity contribution < 1.29 is 24.1 Å². The predicted molar refractivity (Wildman–Crippen MR) is 146 cm³/mol. The van der Waals surface area contributed by atoms with Gasteiger partial charge in [0, 0.05) is 47.5 Å². The average Bonchev–Trinajstić information content (AvgIpc) is 2.87. The molecule has 0 spiro atoms. The highest BCUT2D eigenvalue weighted by atomic mass is 35.5. The second kappa shape index (κ2) is 18.8. The molecule has 36 heavy (non-hydrogen) atoms. The zero-order chi connectivity index (χ0) is 26.0. The van der Waals surface area contributed by atoms with E-state index in [1.807, 2.05) is 44.2 Å². The van der Waals surface area contributed by atoms with Crippen molar-refractivity contribution in [3.63, 3.8) is 0 Å². The summed E-state index contributed by atoms with van der Waals surface area (Å²) in [4.78, 5) is 0. The lowest BCUT2D eigenvalue weighted by Crippen LogP contribution is -2.24. The molecule has 0 bridgehead atoms. The summed E-state index contributed by atoms with van der Waals surface area (Å²) in [6, 6.07) is 11.1. The van der Waals surface area contributed by atoms with Crippen LogP contribution < -0.4 is 5.32 Å². The van der Waals surface area contributed by atoms with Crippen LogP contribution in [0.15, 0.2) is 36.4 Å². The predicted octanol–water partition coefficient (Wildman–Crippen LogP) is 6.70. The molecule has 0 saturated heterocycles. The molecule has 0 aliphatic carbocycles. The van der Waals surface area contributed by atoms with E-state index in [-0.39, 0.29) is 11.9 Å². The molecule has 0 radical (unpaired) electrons. The lowest BCUT2D eigenvalue weighted by molar-refractivity contribution is 0.0393. The van der Waals surface area contributed by atoms with Gasteiger partial charge in [0.15, 0.2) is 0 Å². The second-order valence-corrected chi connectivity index (χ2v) is 9.27. The number of ether oxygens (including phenoxy) is 4. The summed E-state index contributed by atoms with van der Waals surface area (Å²) in [6.45, 7) is 9.45. The van der Waals surface area contributed by atoms with Crippen molar-refractivity contribution in [2.24, 2.45) is 0 Å². The van der Waals surface area contributed by atoms with Crippen molar-refractivity contribution in [2.45, 2.75) is 58.8 Å². The Morgan fingerprint density at radius 2 is 1.58 bits per heavy atom. The van der Waals surface area contributed by atoms with Crippen LogP contribution >= 0.6 is 23.2 Å². The third-order valence-electron chi connectivity index (χ3n) is 5.71. The smallest absolute Gasteiger partial charge is 0.121 e. The molecule has 2 aromatic carbocycles. The zero-order valence-electron chi connectivity index (χ0n) is 21.6. The van der Waals surface area contributed by atoms with Crippen molar-refractivity contribution >= 4 is 23.2 Å². The van der Waals surface area contributed by atoms with Gasteiger partial charge in [-0.25, -0.2) is 0 Å². The number of aromatic hydroxyl groups is 1. The number of phenolic OH excluding ortho intramolecular Hbond substituents is 1. The molecule has 6 nitrogen and oxygen atoms in total. The Hall–Kier alpha value is -1.38. The molecule has 0 aromatic heterocycles. The zero-order valence-corrected chi connectivity index (χ0v) is 23.1. The highest BCUT2D eigenvalue weighted by Crippen LogP contribution is 2.26. The lowest BCUT2D eigenvalue weighted by Gasteiger charge is -2.19. The van der Waals surface area contributed by atoms with E-state index in [0.717, 1.165) is 62.1 Å². The van der Waals surface area contributed by atoms with Gasteiger partial charge < -0.3 is 29.4 Å². The first-order chi connectivity index (χ1) is 17.6. The van der Waals surface area contributed by atoms with E-state index < -0.39 is 0 Å². The molecule has 202 valence electrons. The molecule has 0 saturated carbocycles. The molecule has 8 heteroatoms. The van der Waals surface area contributed by atoms with Gasteiger partial charge in [-0.2, -0.15) is 0 Å². The van der Waals surface area contributed by atoms with Gasteiger partial charge in [0.2, 0.25) is 0 Å². The van der Waals surface area contributed by atoms with Crippen LogP contribution in [0.3, 0.4) is 0 Å². The molecule has 2 N–H and O–H groups in total. The van der Waals surface area contributed by atoms with Gasteiger partial charge in [-0.05, 0) is 63.1 Å². The van der Waals surface area contributed by atoms with Crippen molar-refractivity contribution in [1.82, 2.24) is 5.32 Å². The lowest BCUT2D eigenvalue weighted by atomic mass is 10.0.